The number of nitrogens with zero attached hydrogens (tertiary/aromatic N) is 3. The van der Waals surface area contributed by atoms with Crippen molar-refractivity contribution in [2.75, 3.05) is 18.9 Å². The number of rotatable bonds is 10. The highest BCUT2D eigenvalue weighted by molar-refractivity contribution is 6.03. The van der Waals surface area contributed by atoms with Gasteiger partial charge in [-0.1, -0.05) is 55.5 Å². The molecular formula is C31H31F4N5O. The van der Waals surface area contributed by atoms with Gasteiger partial charge in [-0.25, -0.2) is 9.07 Å². The van der Waals surface area contributed by atoms with Crippen molar-refractivity contribution in [2.45, 2.75) is 44.6 Å². The Balaban J connectivity index is 1.50. The molecule has 5 rings (SSSR count). The molecule has 3 aromatic carbocycles. The number of nitrogens with one attached hydrogen (secondary N) is 2. The van der Waals surface area contributed by atoms with E-state index in [1.807, 2.05) is 50.4 Å². The largest absolute Gasteiger partial charge is 0.435 e. The van der Waals surface area contributed by atoms with E-state index in [0.29, 0.717) is 25.2 Å². The van der Waals surface area contributed by atoms with Gasteiger partial charge in [-0.15, -0.1) is 0 Å². The van der Waals surface area contributed by atoms with Crippen molar-refractivity contribution < 1.29 is 22.4 Å². The van der Waals surface area contributed by atoms with Gasteiger partial charge in [-0.05, 0) is 67.4 Å². The Labute approximate surface area is 236 Å². The third-order valence-electron chi connectivity index (χ3n) is 7.17. The minimum absolute atomic E-state index is 0.125. The fourth-order valence-electron chi connectivity index (χ4n) is 4.93. The Morgan fingerprint density at radius 3 is 2.46 bits per heavy atom. The number of carbonyl (C=O) groups excluding carboxylic acids is 1. The maximum atomic E-state index is 15.0. The lowest BCUT2D eigenvalue weighted by Crippen LogP contribution is -2.28. The molecule has 1 unspecified atom stereocenters. The van der Waals surface area contributed by atoms with Gasteiger partial charge in [0, 0.05) is 18.7 Å². The molecule has 1 aromatic heterocycles. The number of amides is 1. The van der Waals surface area contributed by atoms with Gasteiger partial charge in [-0.3, -0.25) is 9.69 Å². The Hall–Kier alpha value is -4.02. The van der Waals surface area contributed by atoms with Crippen LogP contribution in [0.3, 0.4) is 0 Å². The molecule has 4 aromatic rings. The molecule has 6 nitrogen and oxygen atoms in total. The summed E-state index contributed by atoms with van der Waals surface area (Å²) < 4.78 is 57.0. The monoisotopic (exact) mass is 565 g/mol. The van der Waals surface area contributed by atoms with Crippen molar-refractivity contribution in [3.8, 4) is 5.69 Å². The maximum Gasteiger partial charge on any atom is 0.435 e. The molecule has 0 bridgehead atoms. The maximum absolute atomic E-state index is 15.0. The number of halogens is 4. The summed E-state index contributed by atoms with van der Waals surface area (Å²) in [5, 5.41) is 9.37. The summed E-state index contributed by atoms with van der Waals surface area (Å²) in [6, 6.07) is 21.9. The third kappa shape index (κ3) is 6.49. The number of carbonyl (C=O) groups is 1. The van der Waals surface area contributed by atoms with Crippen molar-refractivity contribution in [1.82, 2.24) is 20.0 Å². The molecule has 0 radical (unpaired) electrons. The molecule has 214 valence electrons. The Kier molecular flexibility index (Phi) is 8.23. The van der Waals surface area contributed by atoms with Crippen LogP contribution >= 0.6 is 0 Å². The average Bonchev–Trinajstić information content (AvgIpc) is 3.71. The van der Waals surface area contributed by atoms with Crippen molar-refractivity contribution in [3.63, 3.8) is 0 Å². The lowest BCUT2D eigenvalue weighted by atomic mass is 9.96. The molecule has 1 aliphatic carbocycles. The van der Waals surface area contributed by atoms with E-state index in [1.165, 1.54) is 6.07 Å². The minimum Gasteiger partial charge on any atom is -0.318 e. The van der Waals surface area contributed by atoms with Crippen LogP contribution in [0.25, 0.3) is 5.69 Å². The van der Waals surface area contributed by atoms with E-state index in [0.717, 1.165) is 34.2 Å². The van der Waals surface area contributed by atoms with Crippen LogP contribution in [0.5, 0.6) is 0 Å². The Morgan fingerprint density at radius 2 is 1.78 bits per heavy atom. The highest BCUT2D eigenvalue weighted by atomic mass is 19.4. The van der Waals surface area contributed by atoms with Crippen molar-refractivity contribution in [2.24, 2.45) is 0 Å². The summed E-state index contributed by atoms with van der Waals surface area (Å²) in [5.41, 5.74) is 1.15. The number of aromatic nitrogens is 2. The fourth-order valence-corrected chi connectivity index (χ4v) is 4.93. The highest BCUT2D eigenvalue weighted by Crippen LogP contribution is 2.38. The predicted molar refractivity (Wildman–Crippen MR) is 149 cm³/mol. The third-order valence-corrected chi connectivity index (χ3v) is 7.17. The van der Waals surface area contributed by atoms with Crippen molar-refractivity contribution >= 4 is 11.6 Å². The van der Waals surface area contributed by atoms with Crippen LogP contribution < -0.4 is 10.6 Å². The van der Waals surface area contributed by atoms with E-state index in [4.69, 9.17) is 0 Å². The van der Waals surface area contributed by atoms with Gasteiger partial charge < -0.3 is 10.6 Å². The summed E-state index contributed by atoms with van der Waals surface area (Å²) in [5.74, 6) is -1.61. The first-order chi connectivity index (χ1) is 19.7. The highest BCUT2D eigenvalue weighted by Gasteiger charge is 2.37. The number of hydrogen-bond donors (Lipinski definition) is 2. The fraction of sp³-hybridized carbons (Fsp3) is 0.290. The summed E-state index contributed by atoms with van der Waals surface area (Å²) in [6.45, 7) is 3.15. The summed E-state index contributed by atoms with van der Waals surface area (Å²) in [7, 11) is 2.01. The molecule has 1 saturated carbocycles. The molecular weight excluding hydrogens is 534 g/mol. The van der Waals surface area contributed by atoms with Gasteiger partial charge in [-0.2, -0.15) is 18.3 Å². The first-order valence-electron chi connectivity index (χ1n) is 13.5. The van der Waals surface area contributed by atoms with Crippen LogP contribution in [-0.2, 0) is 12.7 Å². The molecule has 1 heterocycles. The van der Waals surface area contributed by atoms with Crippen LogP contribution in [0.1, 0.15) is 58.7 Å². The van der Waals surface area contributed by atoms with Gasteiger partial charge in [0.1, 0.15) is 11.5 Å². The number of anilines is 1. The first kappa shape index (κ1) is 28.5. The van der Waals surface area contributed by atoms with E-state index < -0.39 is 23.6 Å². The molecule has 1 aliphatic rings. The summed E-state index contributed by atoms with van der Waals surface area (Å²) in [6.07, 6.45) is -2.65. The SMILES string of the molecule is CCNCc1cccc(-n2nc(C(F)(F)F)cc2C(=O)Nc2cc(C(c3ccccc3)N(C)C3CC3)ccc2F)c1. The molecule has 41 heavy (non-hydrogen) atoms. The topological polar surface area (TPSA) is 62.2 Å². The van der Waals surface area contributed by atoms with E-state index in [2.05, 4.69) is 20.6 Å². The lowest BCUT2D eigenvalue weighted by molar-refractivity contribution is -0.141. The van der Waals surface area contributed by atoms with E-state index >= 15 is 4.39 Å². The Bertz CT molecular complexity index is 1510. The van der Waals surface area contributed by atoms with Gasteiger partial charge in [0.25, 0.3) is 5.91 Å². The summed E-state index contributed by atoms with van der Waals surface area (Å²) >= 11 is 0. The van der Waals surface area contributed by atoms with Crippen LogP contribution in [0.4, 0.5) is 23.2 Å². The van der Waals surface area contributed by atoms with Gasteiger partial charge in [0.15, 0.2) is 5.69 Å². The molecule has 0 aliphatic heterocycles. The second kappa shape index (κ2) is 11.8. The average molecular weight is 566 g/mol. The first-order valence-corrected chi connectivity index (χ1v) is 13.5. The molecule has 1 atom stereocenters. The molecule has 0 spiro atoms. The van der Waals surface area contributed by atoms with Crippen LogP contribution in [0.2, 0.25) is 0 Å². The van der Waals surface area contributed by atoms with E-state index in [1.54, 1.807) is 30.3 Å². The van der Waals surface area contributed by atoms with Crippen LogP contribution in [0, 0.1) is 5.82 Å². The summed E-state index contributed by atoms with van der Waals surface area (Å²) in [4.78, 5) is 15.7. The molecule has 1 fully saturated rings. The predicted octanol–water partition coefficient (Wildman–Crippen LogP) is 6.58. The zero-order valence-electron chi connectivity index (χ0n) is 22.8. The van der Waals surface area contributed by atoms with Crippen LogP contribution in [0.15, 0.2) is 78.9 Å². The van der Waals surface area contributed by atoms with E-state index in [9.17, 15) is 18.0 Å². The normalized spacial score (nSPS) is 14.3. The zero-order chi connectivity index (χ0) is 29.1. The molecule has 10 heteroatoms. The minimum atomic E-state index is -4.77. The van der Waals surface area contributed by atoms with Crippen molar-refractivity contribution in [1.29, 1.82) is 0 Å². The second-order valence-electron chi connectivity index (χ2n) is 10.2. The number of hydrogen-bond acceptors (Lipinski definition) is 4. The van der Waals surface area contributed by atoms with E-state index in [-0.39, 0.29) is 23.1 Å². The Morgan fingerprint density at radius 1 is 1.02 bits per heavy atom. The number of benzene rings is 3. The lowest BCUT2D eigenvalue weighted by Gasteiger charge is -2.29. The van der Waals surface area contributed by atoms with Crippen LogP contribution in [-0.4, -0.2) is 40.2 Å². The zero-order valence-corrected chi connectivity index (χ0v) is 22.8. The second-order valence-corrected chi connectivity index (χ2v) is 10.2. The van der Waals surface area contributed by atoms with Gasteiger partial charge in [0.2, 0.25) is 0 Å². The van der Waals surface area contributed by atoms with Gasteiger partial charge in [0.05, 0.1) is 17.4 Å². The standard InChI is InChI=1S/C31H31F4N5O/c1-3-36-19-20-8-7-11-24(16-20)40-27(18-28(38-40)31(33,34)35)30(41)37-26-17-22(12-15-25(26)32)29(39(2)23-13-14-23)21-9-5-4-6-10-21/h4-12,15-18,23,29,36H,3,13-14,19H2,1-2H3,(H,37,41). The number of alkyl halides is 3. The molecule has 1 amide bonds. The smallest absolute Gasteiger partial charge is 0.318 e. The van der Waals surface area contributed by atoms with Crippen molar-refractivity contribution in [3.05, 3.63) is 113 Å². The quantitative estimate of drug-likeness (QED) is 0.214. The molecule has 0 saturated heterocycles. The molecule has 2 N–H and O–H groups in total. The van der Waals surface area contributed by atoms with Gasteiger partial charge >= 0.3 is 6.18 Å².